The molecule has 0 bridgehead atoms. The van der Waals surface area contributed by atoms with E-state index in [4.69, 9.17) is 11.6 Å². The minimum atomic E-state index is -0.583. The summed E-state index contributed by atoms with van der Waals surface area (Å²) in [6.45, 7) is 2.21. The summed E-state index contributed by atoms with van der Waals surface area (Å²) in [6, 6.07) is 11.2. The third kappa shape index (κ3) is 3.42. The van der Waals surface area contributed by atoms with E-state index in [0.717, 1.165) is 11.3 Å². The Labute approximate surface area is 111 Å². The van der Waals surface area contributed by atoms with Crippen molar-refractivity contribution in [1.82, 2.24) is 9.97 Å². The molecule has 2 rings (SSSR count). The zero-order valence-corrected chi connectivity index (χ0v) is 10.7. The van der Waals surface area contributed by atoms with Crippen molar-refractivity contribution in [3.8, 4) is 0 Å². The number of nitrogens with one attached hydrogen (secondary N) is 1. The molecule has 5 heteroatoms. The van der Waals surface area contributed by atoms with E-state index in [0.29, 0.717) is 12.4 Å². The first-order valence-corrected chi connectivity index (χ1v) is 6.01. The zero-order chi connectivity index (χ0) is 13.0. The smallest absolute Gasteiger partial charge is 0.224 e. The fourth-order valence-corrected chi connectivity index (χ4v) is 1.84. The van der Waals surface area contributed by atoms with Gasteiger partial charge in [-0.2, -0.15) is 0 Å². The molecule has 0 aliphatic rings. The van der Waals surface area contributed by atoms with Gasteiger partial charge in [-0.15, -0.1) is 0 Å². The Morgan fingerprint density at radius 3 is 2.67 bits per heavy atom. The Morgan fingerprint density at radius 2 is 2.00 bits per heavy atom. The molecule has 1 heterocycles. The molecule has 1 aromatic carbocycles. The summed E-state index contributed by atoms with van der Waals surface area (Å²) in [6.07, 6.45) is -0.583. The second kappa shape index (κ2) is 5.80. The largest absolute Gasteiger partial charge is 0.387 e. The topological polar surface area (TPSA) is 58.0 Å². The normalized spacial score (nSPS) is 12.2. The number of nitrogens with zero attached hydrogens (tertiary/aromatic N) is 2. The number of halogens is 1. The lowest BCUT2D eigenvalue weighted by Crippen LogP contribution is -2.13. The predicted molar refractivity (Wildman–Crippen MR) is 71.7 cm³/mol. The third-order valence-electron chi connectivity index (χ3n) is 2.49. The van der Waals surface area contributed by atoms with E-state index in [-0.39, 0.29) is 5.28 Å². The number of anilines is 1. The van der Waals surface area contributed by atoms with Crippen LogP contribution in [0.15, 0.2) is 36.4 Å². The zero-order valence-electron chi connectivity index (χ0n) is 9.97. The van der Waals surface area contributed by atoms with E-state index in [1.54, 1.807) is 6.07 Å². The van der Waals surface area contributed by atoms with Crippen molar-refractivity contribution in [2.75, 3.05) is 11.9 Å². The van der Waals surface area contributed by atoms with E-state index < -0.39 is 6.10 Å². The van der Waals surface area contributed by atoms with E-state index in [9.17, 15) is 5.11 Å². The van der Waals surface area contributed by atoms with Crippen LogP contribution in [0.25, 0.3) is 0 Å². The van der Waals surface area contributed by atoms with Gasteiger partial charge in [-0.25, -0.2) is 9.97 Å². The first-order valence-electron chi connectivity index (χ1n) is 5.63. The van der Waals surface area contributed by atoms with Gasteiger partial charge in [0.25, 0.3) is 0 Å². The Balaban J connectivity index is 1.99. The highest BCUT2D eigenvalue weighted by Gasteiger charge is 2.07. The van der Waals surface area contributed by atoms with Crippen molar-refractivity contribution in [1.29, 1.82) is 0 Å². The maximum atomic E-state index is 9.98. The van der Waals surface area contributed by atoms with Gasteiger partial charge in [0.1, 0.15) is 5.82 Å². The van der Waals surface area contributed by atoms with Crippen LogP contribution in [0, 0.1) is 6.92 Å². The molecule has 2 N–H and O–H groups in total. The average molecular weight is 264 g/mol. The lowest BCUT2D eigenvalue weighted by molar-refractivity contribution is 0.191. The molecule has 0 aliphatic heterocycles. The van der Waals surface area contributed by atoms with Gasteiger partial charge in [-0.05, 0) is 24.1 Å². The molecule has 0 amide bonds. The van der Waals surface area contributed by atoms with Gasteiger partial charge in [0.2, 0.25) is 5.28 Å². The minimum absolute atomic E-state index is 0.201. The second-order valence-electron chi connectivity index (χ2n) is 3.97. The number of aliphatic hydroxyl groups excluding tert-OH is 1. The molecule has 94 valence electrons. The Bertz CT molecular complexity index is 499. The average Bonchev–Trinajstić information content (AvgIpc) is 2.36. The molecule has 1 unspecified atom stereocenters. The number of aromatic nitrogens is 2. The maximum Gasteiger partial charge on any atom is 0.224 e. The molecule has 0 spiro atoms. The molecule has 18 heavy (non-hydrogen) atoms. The molecule has 4 nitrogen and oxygen atoms in total. The summed E-state index contributed by atoms with van der Waals surface area (Å²) < 4.78 is 0. The molecule has 0 radical (unpaired) electrons. The fourth-order valence-electron chi connectivity index (χ4n) is 1.62. The van der Waals surface area contributed by atoms with E-state index >= 15 is 0 Å². The summed E-state index contributed by atoms with van der Waals surface area (Å²) >= 11 is 5.76. The fraction of sp³-hybridized carbons (Fsp3) is 0.231. The predicted octanol–water partition coefficient (Wildman–Crippen LogP) is 2.58. The van der Waals surface area contributed by atoms with Crippen LogP contribution in [0.3, 0.4) is 0 Å². The van der Waals surface area contributed by atoms with Gasteiger partial charge in [-0.3, -0.25) is 0 Å². The molecule has 1 atom stereocenters. The van der Waals surface area contributed by atoms with Crippen LogP contribution in [0.5, 0.6) is 0 Å². The number of benzene rings is 1. The van der Waals surface area contributed by atoms with Crippen molar-refractivity contribution in [3.63, 3.8) is 0 Å². The van der Waals surface area contributed by atoms with Gasteiger partial charge < -0.3 is 10.4 Å². The maximum absolute atomic E-state index is 9.98. The van der Waals surface area contributed by atoms with Crippen molar-refractivity contribution in [2.45, 2.75) is 13.0 Å². The Kier molecular flexibility index (Phi) is 4.12. The quantitative estimate of drug-likeness (QED) is 0.833. The van der Waals surface area contributed by atoms with Gasteiger partial charge >= 0.3 is 0 Å². The molecule has 2 aromatic rings. The van der Waals surface area contributed by atoms with E-state index in [1.807, 2.05) is 37.3 Å². The summed E-state index contributed by atoms with van der Waals surface area (Å²) in [4.78, 5) is 8.00. The van der Waals surface area contributed by atoms with Gasteiger partial charge in [0, 0.05) is 18.3 Å². The van der Waals surface area contributed by atoms with Gasteiger partial charge in [-0.1, -0.05) is 30.3 Å². The van der Waals surface area contributed by atoms with Crippen LogP contribution in [0.1, 0.15) is 17.4 Å². The van der Waals surface area contributed by atoms with Crippen LogP contribution in [0.4, 0.5) is 5.82 Å². The first kappa shape index (κ1) is 12.8. The van der Waals surface area contributed by atoms with Crippen molar-refractivity contribution >= 4 is 17.4 Å². The van der Waals surface area contributed by atoms with Gasteiger partial charge in [0.15, 0.2) is 0 Å². The number of hydrogen-bond donors (Lipinski definition) is 2. The standard InChI is InChI=1S/C13H14ClN3O/c1-9-7-12(17-13(14)16-9)15-8-11(18)10-5-3-2-4-6-10/h2-7,11,18H,8H2,1H3,(H,15,16,17). The highest BCUT2D eigenvalue weighted by atomic mass is 35.5. The van der Waals surface area contributed by atoms with Crippen molar-refractivity contribution < 1.29 is 5.11 Å². The van der Waals surface area contributed by atoms with Crippen LogP contribution in [-0.4, -0.2) is 21.6 Å². The molecule has 1 aromatic heterocycles. The van der Waals surface area contributed by atoms with Crippen LogP contribution >= 0.6 is 11.6 Å². The van der Waals surface area contributed by atoms with Crippen molar-refractivity contribution in [2.24, 2.45) is 0 Å². The summed E-state index contributed by atoms with van der Waals surface area (Å²) in [5.41, 5.74) is 1.65. The van der Waals surface area contributed by atoms with Crippen LogP contribution < -0.4 is 5.32 Å². The lowest BCUT2D eigenvalue weighted by Gasteiger charge is -2.12. The molecular formula is C13H14ClN3O. The number of rotatable bonds is 4. The van der Waals surface area contributed by atoms with E-state index in [2.05, 4.69) is 15.3 Å². The minimum Gasteiger partial charge on any atom is -0.387 e. The molecule has 0 saturated carbocycles. The summed E-state index contributed by atoms with van der Waals surface area (Å²) in [7, 11) is 0. The summed E-state index contributed by atoms with van der Waals surface area (Å²) in [5.74, 6) is 0.613. The molecule has 0 saturated heterocycles. The lowest BCUT2D eigenvalue weighted by atomic mass is 10.1. The monoisotopic (exact) mass is 263 g/mol. The highest BCUT2D eigenvalue weighted by Crippen LogP contribution is 2.14. The summed E-state index contributed by atoms with van der Waals surface area (Å²) in [5, 5.41) is 13.2. The Hall–Kier alpha value is -1.65. The number of aryl methyl sites for hydroxylation is 1. The molecular weight excluding hydrogens is 250 g/mol. The Morgan fingerprint density at radius 1 is 1.28 bits per heavy atom. The highest BCUT2D eigenvalue weighted by molar-refractivity contribution is 6.28. The van der Waals surface area contributed by atoms with Crippen LogP contribution in [-0.2, 0) is 0 Å². The molecule has 0 fully saturated rings. The van der Waals surface area contributed by atoms with Gasteiger partial charge in [0.05, 0.1) is 6.10 Å². The SMILES string of the molecule is Cc1cc(NCC(O)c2ccccc2)nc(Cl)n1. The second-order valence-corrected chi connectivity index (χ2v) is 4.31. The van der Waals surface area contributed by atoms with Crippen LogP contribution in [0.2, 0.25) is 5.28 Å². The van der Waals surface area contributed by atoms with E-state index in [1.165, 1.54) is 0 Å². The third-order valence-corrected chi connectivity index (χ3v) is 2.66. The number of hydrogen-bond acceptors (Lipinski definition) is 4. The molecule has 0 aliphatic carbocycles. The van der Waals surface area contributed by atoms with Crippen molar-refractivity contribution in [3.05, 3.63) is 52.9 Å². The first-order chi connectivity index (χ1) is 8.65. The number of aliphatic hydroxyl groups is 1.